The maximum absolute atomic E-state index is 13.4. The van der Waals surface area contributed by atoms with E-state index >= 15 is 0 Å². The number of ether oxygens (including phenoxy) is 3. The summed E-state index contributed by atoms with van der Waals surface area (Å²) in [7, 11) is 3.17. The van der Waals surface area contributed by atoms with Crippen molar-refractivity contribution in [3.63, 3.8) is 0 Å². The van der Waals surface area contributed by atoms with Crippen LogP contribution in [0.15, 0.2) is 35.4 Å². The summed E-state index contributed by atoms with van der Waals surface area (Å²) in [6, 6.07) is 4.86. The summed E-state index contributed by atoms with van der Waals surface area (Å²) in [4.78, 5) is 45.6. The van der Waals surface area contributed by atoms with E-state index in [1.54, 1.807) is 63.9 Å². The topological polar surface area (TPSA) is 141 Å². The van der Waals surface area contributed by atoms with Gasteiger partial charge in [0.05, 0.1) is 31.0 Å². The number of pyridine rings is 1. The van der Waals surface area contributed by atoms with Crippen molar-refractivity contribution >= 4 is 35.0 Å². The van der Waals surface area contributed by atoms with Crippen LogP contribution < -0.4 is 21.1 Å². The highest BCUT2D eigenvalue weighted by Gasteiger charge is 2.33. The standard InChI is InChI=1S/C28H37N7O6/c1-28(2,3)41-27(38)33(4)23-14-22(30-20-9-6-12-34(26(20)37)17-8-7-13-40-16-17)32-24-18(15-29-35(23)24)25(36)31-19-10-11-21(19)39-5/h6,9,12,14-15,17,19,21H,7-8,10-11,13,16H2,1-5H3,(H,30,32)(H,31,36)/t17-,19?,21-/m1/s1. The summed E-state index contributed by atoms with van der Waals surface area (Å²) >= 11 is 0. The Hall–Kier alpha value is -3.97. The maximum atomic E-state index is 13.4. The molecule has 3 aromatic heterocycles. The van der Waals surface area contributed by atoms with Crippen molar-refractivity contribution < 1.29 is 23.8 Å². The quantitative estimate of drug-likeness (QED) is 0.440. The molecule has 0 aromatic carbocycles. The first-order valence-corrected chi connectivity index (χ1v) is 13.8. The third kappa shape index (κ3) is 6.05. The first-order chi connectivity index (χ1) is 19.6. The van der Waals surface area contributed by atoms with E-state index in [0.717, 1.165) is 25.7 Å². The van der Waals surface area contributed by atoms with E-state index in [4.69, 9.17) is 14.2 Å². The van der Waals surface area contributed by atoms with Gasteiger partial charge in [-0.3, -0.25) is 14.5 Å². The smallest absolute Gasteiger partial charge is 0.415 e. The van der Waals surface area contributed by atoms with Gasteiger partial charge < -0.3 is 29.4 Å². The van der Waals surface area contributed by atoms with Crippen LogP contribution in [0.3, 0.4) is 0 Å². The Morgan fingerprint density at radius 3 is 2.68 bits per heavy atom. The molecular weight excluding hydrogens is 530 g/mol. The van der Waals surface area contributed by atoms with Crippen LogP contribution >= 0.6 is 0 Å². The number of nitrogens with one attached hydrogen (secondary N) is 2. The normalized spacial score (nSPS) is 20.8. The third-order valence-electron chi connectivity index (χ3n) is 7.31. The zero-order valence-corrected chi connectivity index (χ0v) is 24.0. The Labute approximate surface area is 237 Å². The fraction of sp³-hybridized carbons (Fsp3) is 0.536. The van der Waals surface area contributed by atoms with E-state index in [9.17, 15) is 14.4 Å². The second kappa shape index (κ2) is 11.5. The predicted octanol–water partition coefficient (Wildman–Crippen LogP) is 3.26. The highest BCUT2D eigenvalue weighted by Crippen LogP contribution is 2.27. The molecule has 1 unspecified atom stereocenters. The molecule has 0 radical (unpaired) electrons. The number of hydrogen-bond acceptors (Lipinski definition) is 9. The Bertz CT molecular complexity index is 1490. The van der Waals surface area contributed by atoms with Gasteiger partial charge in [0.1, 0.15) is 28.5 Å². The highest BCUT2D eigenvalue weighted by atomic mass is 16.6. The molecule has 41 heavy (non-hydrogen) atoms. The number of rotatable bonds is 7. The SMILES string of the molecule is CO[C@@H]1CCC1NC(=O)c1cnn2c(N(C)C(=O)OC(C)(C)C)cc(Nc3cccn([C@@H]4CCCOC4)c3=O)nc12. The summed E-state index contributed by atoms with van der Waals surface area (Å²) in [5.41, 5.74) is -0.230. The summed E-state index contributed by atoms with van der Waals surface area (Å²) in [6.45, 7) is 6.48. The minimum atomic E-state index is -0.730. The average molecular weight is 568 g/mol. The van der Waals surface area contributed by atoms with Gasteiger partial charge in [0.2, 0.25) is 0 Å². The fourth-order valence-corrected chi connectivity index (χ4v) is 4.97. The lowest BCUT2D eigenvalue weighted by Crippen LogP contribution is -2.51. The predicted molar refractivity (Wildman–Crippen MR) is 152 cm³/mol. The Balaban J connectivity index is 1.53. The molecule has 2 fully saturated rings. The van der Waals surface area contributed by atoms with E-state index in [2.05, 4.69) is 20.7 Å². The average Bonchev–Trinajstić information content (AvgIpc) is 3.35. The van der Waals surface area contributed by atoms with Crippen LogP contribution in [-0.2, 0) is 14.2 Å². The molecule has 3 atom stereocenters. The molecule has 0 bridgehead atoms. The van der Waals surface area contributed by atoms with Crippen LogP contribution in [0.1, 0.15) is 62.9 Å². The molecule has 0 spiro atoms. The fourth-order valence-electron chi connectivity index (χ4n) is 4.97. The Kier molecular flexibility index (Phi) is 8.00. The molecule has 2 N–H and O–H groups in total. The highest BCUT2D eigenvalue weighted by molar-refractivity contribution is 6.00. The van der Waals surface area contributed by atoms with Crippen molar-refractivity contribution in [2.75, 3.05) is 37.6 Å². The van der Waals surface area contributed by atoms with Crippen LogP contribution in [0, 0.1) is 0 Å². The molecule has 13 heteroatoms. The van der Waals surface area contributed by atoms with Crippen molar-refractivity contribution in [1.82, 2.24) is 24.5 Å². The molecule has 220 valence electrons. The first kappa shape index (κ1) is 28.6. The van der Waals surface area contributed by atoms with Gasteiger partial charge in [-0.2, -0.15) is 9.61 Å². The number of anilines is 3. The lowest BCUT2D eigenvalue weighted by molar-refractivity contribution is 0.00732. The van der Waals surface area contributed by atoms with Crippen molar-refractivity contribution in [2.24, 2.45) is 0 Å². The van der Waals surface area contributed by atoms with Gasteiger partial charge in [-0.25, -0.2) is 9.78 Å². The van der Waals surface area contributed by atoms with E-state index in [-0.39, 0.29) is 46.7 Å². The Morgan fingerprint density at radius 1 is 1.22 bits per heavy atom. The molecule has 1 saturated carbocycles. The van der Waals surface area contributed by atoms with Crippen LogP contribution in [0.4, 0.5) is 22.1 Å². The van der Waals surface area contributed by atoms with Gasteiger partial charge in [0, 0.05) is 33.0 Å². The number of aromatic nitrogens is 4. The van der Waals surface area contributed by atoms with Gasteiger partial charge in [0.25, 0.3) is 11.5 Å². The lowest BCUT2D eigenvalue weighted by atomic mass is 9.89. The molecule has 1 aliphatic carbocycles. The van der Waals surface area contributed by atoms with Crippen molar-refractivity contribution in [3.05, 3.63) is 46.5 Å². The van der Waals surface area contributed by atoms with E-state index in [1.165, 1.54) is 15.6 Å². The number of fused-ring (bicyclic) bond motifs is 1. The molecule has 3 aromatic rings. The minimum Gasteiger partial charge on any atom is -0.443 e. The van der Waals surface area contributed by atoms with Crippen LogP contribution in [0.5, 0.6) is 0 Å². The second-order valence-electron chi connectivity index (χ2n) is 11.4. The lowest BCUT2D eigenvalue weighted by Gasteiger charge is -2.35. The van der Waals surface area contributed by atoms with Gasteiger partial charge in [0.15, 0.2) is 5.65 Å². The van der Waals surface area contributed by atoms with Gasteiger partial charge in [-0.15, -0.1) is 0 Å². The number of amides is 2. The summed E-state index contributed by atoms with van der Waals surface area (Å²) in [5, 5.41) is 10.5. The number of hydrogen-bond donors (Lipinski definition) is 2. The van der Waals surface area contributed by atoms with E-state index < -0.39 is 11.7 Å². The number of methoxy groups -OCH3 is 1. The van der Waals surface area contributed by atoms with Gasteiger partial charge in [-0.1, -0.05) is 0 Å². The van der Waals surface area contributed by atoms with Crippen LogP contribution in [-0.4, -0.2) is 76.3 Å². The molecule has 1 saturated heterocycles. The Morgan fingerprint density at radius 2 is 2.02 bits per heavy atom. The summed E-state index contributed by atoms with van der Waals surface area (Å²) in [5.74, 6) is 0.188. The van der Waals surface area contributed by atoms with E-state index in [1.807, 2.05) is 0 Å². The summed E-state index contributed by atoms with van der Waals surface area (Å²) in [6.07, 6.45) is 5.90. The zero-order chi connectivity index (χ0) is 29.3. The van der Waals surface area contributed by atoms with Crippen molar-refractivity contribution in [3.8, 4) is 0 Å². The third-order valence-corrected chi connectivity index (χ3v) is 7.31. The van der Waals surface area contributed by atoms with Crippen molar-refractivity contribution in [1.29, 1.82) is 0 Å². The molecule has 5 rings (SSSR count). The molecule has 2 aliphatic rings. The summed E-state index contributed by atoms with van der Waals surface area (Å²) < 4.78 is 19.6. The van der Waals surface area contributed by atoms with Gasteiger partial charge >= 0.3 is 6.09 Å². The molecular formula is C28H37N7O6. The van der Waals surface area contributed by atoms with E-state index in [0.29, 0.717) is 24.7 Å². The van der Waals surface area contributed by atoms with Crippen LogP contribution in [0.25, 0.3) is 5.65 Å². The number of nitrogens with zero attached hydrogens (tertiary/aromatic N) is 5. The second-order valence-corrected chi connectivity index (χ2v) is 11.4. The van der Waals surface area contributed by atoms with Crippen LogP contribution in [0.2, 0.25) is 0 Å². The number of carbonyl (C=O) groups is 2. The minimum absolute atomic E-state index is 0.0466. The zero-order valence-electron chi connectivity index (χ0n) is 24.0. The molecule has 4 heterocycles. The largest absolute Gasteiger partial charge is 0.443 e. The first-order valence-electron chi connectivity index (χ1n) is 13.8. The number of carbonyl (C=O) groups excluding carboxylic acids is 2. The van der Waals surface area contributed by atoms with Gasteiger partial charge in [-0.05, 0) is 58.6 Å². The maximum Gasteiger partial charge on any atom is 0.415 e. The molecule has 13 nitrogen and oxygen atoms in total. The monoisotopic (exact) mass is 567 g/mol. The molecule has 1 aliphatic heterocycles. The van der Waals surface area contributed by atoms with Crippen molar-refractivity contribution in [2.45, 2.75) is 70.2 Å². The molecule has 2 amide bonds.